The molecule has 0 spiro atoms. The number of carbonyl (C=O) groups is 1. The minimum atomic E-state index is -0.611. The van der Waals surface area contributed by atoms with Gasteiger partial charge in [0.15, 0.2) is 0 Å². The maximum Gasteiger partial charge on any atom is 0.253 e. The van der Waals surface area contributed by atoms with Crippen molar-refractivity contribution < 1.29 is 9.18 Å². The van der Waals surface area contributed by atoms with E-state index in [2.05, 4.69) is 5.32 Å². The van der Waals surface area contributed by atoms with Crippen LogP contribution in [0.25, 0.3) is 0 Å². The first-order valence-corrected chi connectivity index (χ1v) is 5.22. The SMILES string of the molecule is CC(C)(CN)NC(=O)c1cccc(F)c1Cl.Cl. The quantitative estimate of drug-likeness (QED) is 0.893. The molecule has 0 heterocycles. The third kappa shape index (κ3) is 4.15. The lowest BCUT2D eigenvalue weighted by atomic mass is 10.1. The number of halogens is 3. The van der Waals surface area contributed by atoms with E-state index < -0.39 is 17.3 Å². The maximum atomic E-state index is 13.1. The number of rotatable bonds is 3. The normalized spacial score (nSPS) is 10.6. The molecule has 0 aliphatic heterocycles. The second-order valence-corrected chi connectivity index (χ2v) is 4.52. The van der Waals surface area contributed by atoms with E-state index in [1.807, 2.05) is 0 Å². The average Bonchev–Trinajstić information content (AvgIpc) is 2.21. The monoisotopic (exact) mass is 280 g/mol. The third-order valence-electron chi connectivity index (χ3n) is 2.16. The molecule has 1 aromatic rings. The molecule has 3 N–H and O–H groups in total. The zero-order chi connectivity index (χ0) is 12.3. The van der Waals surface area contributed by atoms with Crippen LogP contribution in [-0.4, -0.2) is 18.0 Å². The molecule has 1 rings (SSSR count). The molecule has 1 aromatic carbocycles. The van der Waals surface area contributed by atoms with Crippen LogP contribution in [0.5, 0.6) is 0 Å². The summed E-state index contributed by atoms with van der Waals surface area (Å²) in [5.74, 6) is -1.04. The smallest absolute Gasteiger partial charge is 0.253 e. The summed E-state index contributed by atoms with van der Waals surface area (Å²) in [7, 11) is 0. The van der Waals surface area contributed by atoms with Gasteiger partial charge in [-0.05, 0) is 26.0 Å². The largest absolute Gasteiger partial charge is 0.346 e. The van der Waals surface area contributed by atoms with Crippen molar-refractivity contribution in [2.75, 3.05) is 6.54 Å². The van der Waals surface area contributed by atoms with E-state index in [1.165, 1.54) is 18.2 Å². The minimum Gasteiger partial charge on any atom is -0.346 e. The second-order valence-electron chi connectivity index (χ2n) is 4.14. The van der Waals surface area contributed by atoms with Crippen LogP contribution >= 0.6 is 24.0 Å². The zero-order valence-corrected chi connectivity index (χ0v) is 11.2. The molecule has 0 aliphatic rings. The highest BCUT2D eigenvalue weighted by atomic mass is 35.5. The maximum absolute atomic E-state index is 13.1. The van der Waals surface area contributed by atoms with E-state index in [0.29, 0.717) is 0 Å². The Kier molecular flexibility index (Phi) is 5.88. The van der Waals surface area contributed by atoms with Crippen LogP contribution in [0.15, 0.2) is 18.2 Å². The van der Waals surface area contributed by atoms with Crippen LogP contribution in [0.4, 0.5) is 4.39 Å². The molecule has 0 fully saturated rings. The van der Waals surface area contributed by atoms with Gasteiger partial charge in [0.05, 0.1) is 10.6 Å². The van der Waals surface area contributed by atoms with Gasteiger partial charge in [-0.1, -0.05) is 17.7 Å². The van der Waals surface area contributed by atoms with Crippen molar-refractivity contribution in [3.63, 3.8) is 0 Å². The first-order valence-electron chi connectivity index (χ1n) is 4.84. The molecular formula is C11H15Cl2FN2O. The lowest BCUT2D eigenvalue weighted by Gasteiger charge is -2.24. The molecule has 0 aliphatic carbocycles. The molecule has 96 valence electrons. The highest BCUT2D eigenvalue weighted by Gasteiger charge is 2.21. The first-order chi connectivity index (χ1) is 7.37. The fourth-order valence-corrected chi connectivity index (χ4v) is 1.32. The van der Waals surface area contributed by atoms with Crippen LogP contribution in [0.2, 0.25) is 5.02 Å². The fraction of sp³-hybridized carbons (Fsp3) is 0.364. The number of carbonyl (C=O) groups excluding carboxylic acids is 1. The average molecular weight is 281 g/mol. The van der Waals surface area contributed by atoms with Crippen LogP contribution in [0, 0.1) is 5.82 Å². The Morgan fingerprint density at radius 1 is 1.53 bits per heavy atom. The van der Waals surface area contributed by atoms with Crippen molar-refractivity contribution in [2.24, 2.45) is 5.73 Å². The Bertz CT molecular complexity index is 410. The van der Waals surface area contributed by atoms with Crippen molar-refractivity contribution >= 4 is 29.9 Å². The number of amides is 1. The van der Waals surface area contributed by atoms with Crippen LogP contribution in [0.1, 0.15) is 24.2 Å². The second kappa shape index (κ2) is 6.19. The van der Waals surface area contributed by atoms with Gasteiger partial charge >= 0.3 is 0 Å². The van der Waals surface area contributed by atoms with Crippen molar-refractivity contribution in [1.82, 2.24) is 5.32 Å². The number of nitrogens with one attached hydrogen (secondary N) is 1. The van der Waals surface area contributed by atoms with Gasteiger partial charge in [-0.15, -0.1) is 12.4 Å². The summed E-state index contributed by atoms with van der Waals surface area (Å²) in [5.41, 5.74) is 5.04. The predicted molar refractivity (Wildman–Crippen MR) is 69.3 cm³/mol. The molecule has 0 atom stereocenters. The Balaban J connectivity index is 0.00000256. The Morgan fingerprint density at radius 2 is 2.12 bits per heavy atom. The molecule has 17 heavy (non-hydrogen) atoms. The number of nitrogens with two attached hydrogens (primary N) is 1. The van der Waals surface area contributed by atoms with Crippen molar-refractivity contribution in [3.05, 3.63) is 34.6 Å². The fourth-order valence-electron chi connectivity index (χ4n) is 1.10. The molecule has 3 nitrogen and oxygen atoms in total. The van der Waals surface area contributed by atoms with E-state index in [-0.39, 0.29) is 29.5 Å². The van der Waals surface area contributed by atoms with E-state index in [0.717, 1.165) is 0 Å². The van der Waals surface area contributed by atoms with Crippen molar-refractivity contribution in [3.8, 4) is 0 Å². The van der Waals surface area contributed by atoms with Gasteiger partial charge in [0.2, 0.25) is 0 Å². The molecule has 0 saturated heterocycles. The van der Waals surface area contributed by atoms with E-state index in [4.69, 9.17) is 17.3 Å². The van der Waals surface area contributed by atoms with Crippen molar-refractivity contribution in [1.29, 1.82) is 0 Å². The molecule has 0 radical (unpaired) electrons. The summed E-state index contributed by atoms with van der Waals surface area (Å²) in [6, 6.07) is 4.10. The molecule has 1 amide bonds. The van der Waals surface area contributed by atoms with Crippen molar-refractivity contribution in [2.45, 2.75) is 19.4 Å². The van der Waals surface area contributed by atoms with Gasteiger partial charge < -0.3 is 11.1 Å². The van der Waals surface area contributed by atoms with Gasteiger partial charge in [-0.25, -0.2) is 4.39 Å². The summed E-state index contributed by atoms with van der Waals surface area (Å²) in [4.78, 5) is 11.8. The topological polar surface area (TPSA) is 55.1 Å². The summed E-state index contributed by atoms with van der Waals surface area (Å²) < 4.78 is 13.1. The summed E-state index contributed by atoms with van der Waals surface area (Å²) >= 11 is 5.69. The molecule has 0 unspecified atom stereocenters. The van der Waals surface area contributed by atoms with Gasteiger partial charge in [0.1, 0.15) is 5.82 Å². The number of hydrogen-bond acceptors (Lipinski definition) is 2. The Hall–Kier alpha value is -0.840. The van der Waals surface area contributed by atoms with Gasteiger partial charge in [-0.2, -0.15) is 0 Å². The highest BCUT2D eigenvalue weighted by Crippen LogP contribution is 2.20. The third-order valence-corrected chi connectivity index (χ3v) is 2.54. The lowest BCUT2D eigenvalue weighted by molar-refractivity contribution is 0.0915. The van der Waals surface area contributed by atoms with E-state index in [1.54, 1.807) is 13.8 Å². The molecule has 0 saturated carbocycles. The first kappa shape index (κ1) is 16.2. The molecule has 0 aromatic heterocycles. The Labute approximate surface area is 111 Å². The van der Waals surface area contributed by atoms with Gasteiger partial charge in [0.25, 0.3) is 5.91 Å². The molecule has 0 bridgehead atoms. The standard InChI is InChI=1S/C11H14ClFN2O.ClH/c1-11(2,6-14)15-10(16)7-4-3-5-8(13)9(7)12;/h3-5H,6,14H2,1-2H3,(H,15,16);1H. The summed E-state index contributed by atoms with van der Waals surface area (Å²) in [5, 5.41) is 2.50. The number of hydrogen-bond donors (Lipinski definition) is 2. The molecular weight excluding hydrogens is 266 g/mol. The lowest BCUT2D eigenvalue weighted by Crippen LogP contribution is -2.48. The molecule has 6 heteroatoms. The van der Waals surface area contributed by atoms with Crippen LogP contribution in [0.3, 0.4) is 0 Å². The number of benzene rings is 1. The van der Waals surface area contributed by atoms with E-state index in [9.17, 15) is 9.18 Å². The van der Waals surface area contributed by atoms with Crippen LogP contribution in [-0.2, 0) is 0 Å². The zero-order valence-electron chi connectivity index (χ0n) is 9.59. The summed E-state index contributed by atoms with van der Waals surface area (Å²) in [6.07, 6.45) is 0. The minimum absolute atomic E-state index is 0. The van der Waals surface area contributed by atoms with Gasteiger partial charge in [0, 0.05) is 12.1 Å². The summed E-state index contributed by atoms with van der Waals surface area (Å²) in [6.45, 7) is 3.84. The predicted octanol–water partition coefficient (Wildman–Crippen LogP) is 2.37. The highest BCUT2D eigenvalue weighted by molar-refractivity contribution is 6.34. The van der Waals surface area contributed by atoms with E-state index >= 15 is 0 Å². The van der Waals surface area contributed by atoms with Gasteiger partial charge in [-0.3, -0.25) is 4.79 Å². The Morgan fingerprint density at radius 3 is 2.65 bits per heavy atom. The van der Waals surface area contributed by atoms with Crippen LogP contribution < -0.4 is 11.1 Å².